The number of piperidine rings is 1. The molecule has 104 valence electrons. The SMILES string of the molecule is Cc1nc(S(=O)(=O)N2CCCC(N)C2)cn1C.Cl. The van der Waals surface area contributed by atoms with Crippen LogP contribution in [0.3, 0.4) is 0 Å². The Morgan fingerprint density at radius 1 is 1.50 bits per heavy atom. The van der Waals surface area contributed by atoms with Gasteiger partial charge in [-0.15, -0.1) is 12.4 Å². The second-order valence-electron chi connectivity index (χ2n) is 4.50. The van der Waals surface area contributed by atoms with Gasteiger partial charge in [0.05, 0.1) is 0 Å². The highest BCUT2D eigenvalue weighted by Gasteiger charge is 2.30. The summed E-state index contributed by atoms with van der Waals surface area (Å²) in [6.07, 6.45) is 3.24. The van der Waals surface area contributed by atoms with E-state index >= 15 is 0 Å². The van der Waals surface area contributed by atoms with Crippen LogP contribution in [0.4, 0.5) is 0 Å². The van der Waals surface area contributed by atoms with Crippen molar-refractivity contribution in [2.45, 2.75) is 30.8 Å². The van der Waals surface area contributed by atoms with E-state index in [1.54, 1.807) is 24.7 Å². The minimum atomic E-state index is -3.48. The topological polar surface area (TPSA) is 81.2 Å². The van der Waals surface area contributed by atoms with Crippen molar-refractivity contribution >= 4 is 22.4 Å². The van der Waals surface area contributed by atoms with Gasteiger partial charge in [-0.25, -0.2) is 13.4 Å². The Balaban J connectivity index is 0.00000162. The van der Waals surface area contributed by atoms with E-state index in [9.17, 15) is 8.42 Å². The molecule has 0 saturated carbocycles. The molecule has 0 aromatic carbocycles. The van der Waals surface area contributed by atoms with Gasteiger partial charge in [-0.2, -0.15) is 4.31 Å². The molecule has 1 unspecified atom stereocenters. The third-order valence-electron chi connectivity index (χ3n) is 3.11. The summed E-state index contributed by atoms with van der Waals surface area (Å²) in [6, 6.07) is -0.0664. The summed E-state index contributed by atoms with van der Waals surface area (Å²) in [5, 5.41) is 0.117. The molecular formula is C10H19ClN4O2S. The third kappa shape index (κ3) is 2.85. The summed E-state index contributed by atoms with van der Waals surface area (Å²) in [5.74, 6) is 0.685. The smallest absolute Gasteiger partial charge is 0.262 e. The van der Waals surface area contributed by atoms with Crippen molar-refractivity contribution in [2.24, 2.45) is 12.8 Å². The fourth-order valence-electron chi connectivity index (χ4n) is 1.98. The number of halogens is 1. The zero-order valence-electron chi connectivity index (χ0n) is 10.5. The first-order valence-corrected chi connectivity index (χ1v) is 7.11. The molecular weight excluding hydrogens is 276 g/mol. The average molecular weight is 295 g/mol. The highest BCUT2D eigenvalue weighted by atomic mass is 35.5. The van der Waals surface area contributed by atoms with Gasteiger partial charge in [0.25, 0.3) is 10.0 Å². The van der Waals surface area contributed by atoms with Gasteiger partial charge in [-0.1, -0.05) is 0 Å². The first-order chi connectivity index (χ1) is 7.91. The largest absolute Gasteiger partial charge is 0.337 e. The lowest BCUT2D eigenvalue weighted by Gasteiger charge is -2.29. The van der Waals surface area contributed by atoms with Crippen LogP contribution in [-0.4, -0.2) is 41.4 Å². The number of hydrogen-bond donors (Lipinski definition) is 1. The molecule has 1 aliphatic rings. The van der Waals surface area contributed by atoms with Crippen LogP contribution >= 0.6 is 12.4 Å². The van der Waals surface area contributed by atoms with Gasteiger partial charge in [0, 0.05) is 32.4 Å². The van der Waals surface area contributed by atoms with Crippen LogP contribution in [0.15, 0.2) is 11.2 Å². The number of sulfonamides is 1. The molecule has 0 amide bonds. The minimum Gasteiger partial charge on any atom is -0.337 e. The second-order valence-corrected chi connectivity index (χ2v) is 6.39. The van der Waals surface area contributed by atoms with Gasteiger partial charge < -0.3 is 10.3 Å². The number of imidazole rings is 1. The zero-order chi connectivity index (χ0) is 12.6. The summed E-state index contributed by atoms with van der Waals surface area (Å²) in [4.78, 5) is 4.07. The van der Waals surface area contributed by atoms with Crippen LogP contribution in [0.2, 0.25) is 0 Å². The van der Waals surface area contributed by atoms with Gasteiger partial charge >= 0.3 is 0 Å². The number of rotatable bonds is 2. The highest BCUT2D eigenvalue weighted by Crippen LogP contribution is 2.19. The maximum atomic E-state index is 12.3. The lowest BCUT2D eigenvalue weighted by atomic mass is 10.1. The Morgan fingerprint density at radius 2 is 2.17 bits per heavy atom. The van der Waals surface area contributed by atoms with Crippen molar-refractivity contribution in [2.75, 3.05) is 13.1 Å². The minimum absolute atomic E-state index is 0. The van der Waals surface area contributed by atoms with E-state index in [1.165, 1.54) is 4.31 Å². The van der Waals surface area contributed by atoms with E-state index in [-0.39, 0.29) is 23.5 Å². The Morgan fingerprint density at radius 3 is 2.67 bits per heavy atom. The van der Waals surface area contributed by atoms with Crippen LogP contribution in [0.1, 0.15) is 18.7 Å². The van der Waals surface area contributed by atoms with E-state index in [0.717, 1.165) is 12.8 Å². The van der Waals surface area contributed by atoms with E-state index in [2.05, 4.69) is 4.98 Å². The number of nitrogens with zero attached hydrogens (tertiary/aromatic N) is 3. The maximum Gasteiger partial charge on any atom is 0.262 e. The van der Waals surface area contributed by atoms with Crippen LogP contribution in [-0.2, 0) is 17.1 Å². The summed E-state index contributed by atoms with van der Waals surface area (Å²) < 4.78 is 27.7. The molecule has 6 nitrogen and oxygen atoms in total. The van der Waals surface area contributed by atoms with E-state index in [1.807, 2.05) is 0 Å². The molecule has 1 fully saturated rings. The Labute approximate surface area is 114 Å². The highest BCUT2D eigenvalue weighted by molar-refractivity contribution is 7.89. The second kappa shape index (κ2) is 5.56. The Hall–Kier alpha value is -0.630. The first kappa shape index (κ1) is 15.4. The fraction of sp³-hybridized carbons (Fsp3) is 0.700. The zero-order valence-corrected chi connectivity index (χ0v) is 12.2. The fourth-order valence-corrected chi connectivity index (χ4v) is 3.54. The van der Waals surface area contributed by atoms with Crippen molar-refractivity contribution < 1.29 is 8.42 Å². The van der Waals surface area contributed by atoms with Gasteiger partial charge in [0.15, 0.2) is 5.03 Å². The predicted molar refractivity (Wildman–Crippen MR) is 71.2 cm³/mol. The average Bonchev–Trinajstić information content (AvgIpc) is 2.60. The molecule has 1 aromatic heterocycles. The monoisotopic (exact) mass is 294 g/mol. The molecule has 1 atom stereocenters. The number of aryl methyl sites for hydroxylation is 2. The maximum absolute atomic E-state index is 12.3. The molecule has 2 N–H and O–H groups in total. The number of nitrogens with two attached hydrogens (primary N) is 1. The molecule has 0 bridgehead atoms. The van der Waals surface area contributed by atoms with E-state index < -0.39 is 10.0 Å². The summed E-state index contributed by atoms with van der Waals surface area (Å²) in [6.45, 7) is 2.70. The molecule has 18 heavy (non-hydrogen) atoms. The van der Waals surface area contributed by atoms with Crippen molar-refractivity contribution in [3.05, 3.63) is 12.0 Å². The summed E-state index contributed by atoms with van der Waals surface area (Å²) in [7, 11) is -1.69. The van der Waals surface area contributed by atoms with Crippen LogP contribution in [0, 0.1) is 6.92 Å². The summed E-state index contributed by atoms with van der Waals surface area (Å²) >= 11 is 0. The molecule has 2 heterocycles. The molecule has 0 aliphatic carbocycles. The normalized spacial score (nSPS) is 21.6. The molecule has 8 heteroatoms. The Bertz CT molecular complexity index is 494. The van der Waals surface area contributed by atoms with Gasteiger partial charge in [-0.3, -0.25) is 0 Å². The molecule has 0 radical (unpaired) electrons. The molecule has 1 aliphatic heterocycles. The third-order valence-corrected chi connectivity index (χ3v) is 4.85. The molecule has 1 aromatic rings. The molecule has 1 saturated heterocycles. The first-order valence-electron chi connectivity index (χ1n) is 5.67. The summed E-state index contributed by atoms with van der Waals surface area (Å²) in [5.41, 5.74) is 5.80. The van der Waals surface area contributed by atoms with Crippen LogP contribution in [0.25, 0.3) is 0 Å². The van der Waals surface area contributed by atoms with Crippen molar-refractivity contribution in [3.63, 3.8) is 0 Å². The van der Waals surface area contributed by atoms with Crippen molar-refractivity contribution in [3.8, 4) is 0 Å². The van der Waals surface area contributed by atoms with E-state index in [4.69, 9.17) is 5.73 Å². The van der Waals surface area contributed by atoms with E-state index in [0.29, 0.717) is 18.9 Å². The molecule has 0 spiro atoms. The standard InChI is InChI=1S/C10H18N4O2S.ClH/c1-8-12-10(7-13(8)2)17(15,16)14-5-3-4-9(11)6-14;/h7,9H,3-6,11H2,1-2H3;1H. The van der Waals surface area contributed by atoms with Crippen molar-refractivity contribution in [1.29, 1.82) is 0 Å². The van der Waals surface area contributed by atoms with Gasteiger partial charge in [0.1, 0.15) is 5.82 Å². The lowest BCUT2D eigenvalue weighted by molar-refractivity contribution is 0.315. The van der Waals surface area contributed by atoms with Gasteiger partial charge in [0.2, 0.25) is 0 Å². The Kier molecular flexibility index (Phi) is 4.77. The number of hydrogen-bond acceptors (Lipinski definition) is 4. The van der Waals surface area contributed by atoms with Crippen molar-refractivity contribution in [1.82, 2.24) is 13.9 Å². The predicted octanol–water partition coefficient (Wildman–Crippen LogP) is 0.262. The van der Waals surface area contributed by atoms with Gasteiger partial charge in [-0.05, 0) is 19.8 Å². The molecule has 2 rings (SSSR count). The quantitative estimate of drug-likeness (QED) is 0.848. The van der Waals surface area contributed by atoms with Crippen LogP contribution in [0.5, 0.6) is 0 Å². The van der Waals surface area contributed by atoms with Crippen LogP contribution < -0.4 is 5.73 Å². The number of aromatic nitrogens is 2. The lowest BCUT2D eigenvalue weighted by Crippen LogP contribution is -2.45.